The molecule has 1 aliphatic rings. The van der Waals surface area contributed by atoms with Gasteiger partial charge in [-0.2, -0.15) is 0 Å². The number of rotatable bonds is 3. The Labute approximate surface area is 132 Å². The molecule has 22 heavy (non-hydrogen) atoms. The van der Waals surface area contributed by atoms with Crippen LogP contribution in [0.15, 0.2) is 36.4 Å². The minimum Gasteiger partial charge on any atom is -0.339 e. The zero-order valence-electron chi connectivity index (χ0n) is 13.5. The van der Waals surface area contributed by atoms with Gasteiger partial charge in [0.2, 0.25) is 5.95 Å². The second kappa shape index (κ2) is 6.88. The van der Waals surface area contributed by atoms with Crippen molar-refractivity contribution in [2.24, 2.45) is 0 Å². The van der Waals surface area contributed by atoms with E-state index in [1.807, 2.05) is 19.9 Å². The summed E-state index contributed by atoms with van der Waals surface area (Å²) in [6.45, 7) is 9.34. The average Bonchev–Trinajstić information content (AvgIpc) is 2.73. The van der Waals surface area contributed by atoms with E-state index in [2.05, 4.69) is 50.1 Å². The first-order valence-corrected chi connectivity index (χ1v) is 8.04. The third-order valence-electron chi connectivity index (χ3n) is 4.09. The van der Waals surface area contributed by atoms with Gasteiger partial charge >= 0.3 is 0 Å². The van der Waals surface area contributed by atoms with Gasteiger partial charge in [0.05, 0.1) is 0 Å². The molecule has 1 aromatic heterocycles. The molecule has 4 nitrogen and oxygen atoms in total. The summed E-state index contributed by atoms with van der Waals surface area (Å²) in [6, 6.07) is 12.7. The molecule has 0 atom stereocenters. The lowest BCUT2D eigenvalue weighted by molar-refractivity contribution is 0.285. The highest BCUT2D eigenvalue weighted by molar-refractivity contribution is 5.32. The minimum absolute atomic E-state index is 0.888. The van der Waals surface area contributed by atoms with Gasteiger partial charge in [-0.25, -0.2) is 9.97 Å². The van der Waals surface area contributed by atoms with Crippen LogP contribution >= 0.6 is 0 Å². The topological polar surface area (TPSA) is 32.3 Å². The molecular formula is C18H24N4. The van der Waals surface area contributed by atoms with Crippen LogP contribution in [0.1, 0.15) is 23.4 Å². The predicted octanol–water partition coefficient (Wildman–Crippen LogP) is 2.81. The van der Waals surface area contributed by atoms with Crippen molar-refractivity contribution < 1.29 is 0 Å². The maximum atomic E-state index is 4.60. The molecule has 0 amide bonds. The molecule has 0 saturated carbocycles. The fourth-order valence-electron chi connectivity index (χ4n) is 3.02. The maximum Gasteiger partial charge on any atom is 0.225 e. The monoisotopic (exact) mass is 296 g/mol. The summed E-state index contributed by atoms with van der Waals surface area (Å²) in [5, 5.41) is 0. The van der Waals surface area contributed by atoms with Crippen molar-refractivity contribution in [1.82, 2.24) is 14.9 Å². The Bertz CT molecular complexity index is 591. The number of nitrogens with zero attached hydrogens (tertiary/aromatic N) is 4. The first-order valence-electron chi connectivity index (χ1n) is 8.04. The molecule has 3 rings (SSSR count). The van der Waals surface area contributed by atoms with E-state index in [9.17, 15) is 0 Å². The van der Waals surface area contributed by atoms with Crippen LogP contribution in [0.25, 0.3) is 0 Å². The van der Waals surface area contributed by atoms with Gasteiger partial charge < -0.3 is 4.90 Å². The van der Waals surface area contributed by atoms with Gasteiger partial charge in [0.15, 0.2) is 0 Å². The Morgan fingerprint density at radius 3 is 2.36 bits per heavy atom. The van der Waals surface area contributed by atoms with Crippen LogP contribution in [0.4, 0.5) is 5.95 Å². The van der Waals surface area contributed by atoms with E-state index in [0.29, 0.717) is 0 Å². The summed E-state index contributed by atoms with van der Waals surface area (Å²) < 4.78 is 0. The predicted molar refractivity (Wildman–Crippen MR) is 90.1 cm³/mol. The molecule has 116 valence electrons. The normalized spacial score (nSPS) is 16.5. The van der Waals surface area contributed by atoms with Crippen molar-refractivity contribution in [3.63, 3.8) is 0 Å². The molecular weight excluding hydrogens is 272 g/mol. The highest BCUT2D eigenvalue weighted by atomic mass is 15.3. The largest absolute Gasteiger partial charge is 0.339 e. The van der Waals surface area contributed by atoms with Gasteiger partial charge in [0.1, 0.15) is 0 Å². The zero-order chi connectivity index (χ0) is 15.4. The first-order chi connectivity index (χ1) is 10.7. The Hall–Kier alpha value is -1.94. The highest BCUT2D eigenvalue weighted by Gasteiger charge is 2.17. The molecule has 2 aromatic rings. The molecule has 2 heterocycles. The Morgan fingerprint density at radius 1 is 0.909 bits per heavy atom. The summed E-state index contributed by atoms with van der Waals surface area (Å²) in [5.41, 5.74) is 3.49. The van der Waals surface area contributed by atoms with Gasteiger partial charge in [-0.3, -0.25) is 4.90 Å². The SMILES string of the molecule is Cc1cc(C)nc(N2CCCN(Cc3ccccc3)CC2)n1. The number of aromatic nitrogens is 2. The summed E-state index contributed by atoms with van der Waals surface area (Å²) >= 11 is 0. The Kier molecular flexibility index (Phi) is 4.68. The van der Waals surface area contributed by atoms with Crippen LogP contribution in [-0.4, -0.2) is 41.0 Å². The van der Waals surface area contributed by atoms with Crippen molar-refractivity contribution in [3.8, 4) is 0 Å². The molecule has 0 unspecified atom stereocenters. The number of benzene rings is 1. The van der Waals surface area contributed by atoms with Crippen molar-refractivity contribution >= 4 is 5.95 Å². The van der Waals surface area contributed by atoms with E-state index in [4.69, 9.17) is 0 Å². The molecule has 1 aliphatic heterocycles. The molecule has 1 fully saturated rings. The van der Waals surface area contributed by atoms with E-state index in [1.165, 1.54) is 5.56 Å². The first kappa shape index (κ1) is 15.0. The number of aryl methyl sites for hydroxylation is 2. The fraction of sp³-hybridized carbons (Fsp3) is 0.444. The number of hydrogen-bond donors (Lipinski definition) is 0. The molecule has 0 radical (unpaired) electrons. The lowest BCUT2D eigenvalue weighted by atomic mass is 10.2. The van der Waals surface area contributed by atoms with E-state index in [0.717, 1.165) is 56.5 Å². The summed E-state index contributed by atoms with van der Waals surface area (Å²) in [5.74, 6) is 0.888. The van der Waals surface area contributed by atoms with E-state index in [-0.39, 0.29) is 0 Å². The van der Waals surface area contributed by atoms with E-state index >= 15 is 0 Å². The molecule has 0 bridgehead atoms. The molecule has 1 saturated heterocycles. The fourth-order valence-corrected chi connectivity index (χ4v) is 3.02. The molecule has 0 aliphatic carbocycles. The van der Waals surface area contributed by atoms with Crippen molar-refractivity contribution in [1.29, 1.82) is 0 Å². The molecule has 0 spiro atoms. The zero-order valence-corrected chi connectivity index (χ0v) is 13.5. The summed E-state index contributed by atoms with van der Waals surface area (Å²) in [7, 11) is 0. The molecule has 4 heteroatoms. The smallest absolute Gasteiger partial charge is 0.225 e. The lowest BCUT2D eigenvalue weighted by Gasteiger charge is -2.22. The van der Waals surface area contributed by atoms with Crippen LogP contribution < -0.4 is 4.90 Å². The van der Waals surface area contributed by atoms with Crippen LogP contribution in [0.2, 0.25) is 0 Å². The van der Waals surface area contributed by atoms with Crippen LogP contribution in [0.5, 0.6) is 0 Å². The van der Waals surface area contributed by atoms with Gasteiger partial charge in [-0.15, -0.1) is 0 Å². The minimum atomic E-state index is 0.888. The van der Waals surface area contributed by atoms with Crippen LogP contribution in [0, 0.1) is 13.8 Å². The second-order valence-electron chi connectivity index (χ2n) is 6.05. The van der Waals surface area contributed by atoms with Gasteiger partial charge in [0, 0.05) is 44.1 Å². The maximum absolute atomic E-state index is 4.60. The molecule has 1 aromatic carbocycles. The van der Waals surface area contributed by atoms with Gasteiger partial charge in [-0.1, -0.05) is 30.3 Å². The van der Waals surface area contributed by atoms with Crippen molar-refractivity contribution in [2.75, 3.05) is 31.1 Å². The van der Waals surface area contributed by atoms with Crippen LogP contribution in [0.3, 0.4) is 0 Å². The van der Waals surface area contributed by atoms with Crippen molar-refractivity contribution in [3.05, 3.63) is 53.3 Å². The average molecular weight is 296 g/mol. The lowest BCUT2D eigenvalue weighted by Crippen LogP contribution is -2.31. The third kappa shape index (κ3) is 3.83. The quantitative estimate of drug-likeness (QED) is 0.872. The standard InChI is InChI=1S/C18H24N4/c1-15-13-16(2)20-18(19-15)22-10-6-9-21(11-12-22)14-17-7-4-3-5-8-17/h3-5,7-8,13H,6,9-12,14H2,1-2H3. The van der Waals surface area contributed by atoms with Crippen LogP contribution in [-0.2, 0) is 6.54 Å². The van der Waals surface area contributed by atoms with E-state index < -0.39 is 0 Å². The molecule has 0 N–H and O–H groups in total. The highest BCUT2D eigenvalue weighted by Crippen LogP contribution is 2.14. The third-order valence-corrected chi connectivity index (χ3v) is 4.09. The Morgan fingerprint density at radius 2 is 1.64 bits per heavy atom. The van der Waals surface area contributed by atoms with Gasteiger partial charge in [0.25, 0.3) is 0 Å². The number of anilines is 1. The van der Waals surface area contributed by atoms with Crippen molar-refractivity contribution in [2.45, 2.75) is 26.8 Å². The second-order valence-corrected chi connectivity index (χ2v) is 6.05. The van der Waals surface area contributed by atoms with Gasteiger partial charge in [-0.05, 0) is 31.9 Å². The number of hydrogen-bond acceptors (Lipinski definition) is 4. The summed E-state index contributed by atoms with van der Waals surface area (Å²) in [6.07, 6.45) is 1.16. The Balaban J connectivity index is 1.64. The van der Waals surface area contributed by atoms with E-state index in [1.54, 1.807) is 0 Å². The summed E-state index contributed by atoms with van der Waals surface area (Å²) in [4.78, 5) is 14.1.